The average Bonchev–Trinajstić information content (AvgIpc) is 3.44. The Balaban J connectivity index is 1.45. The van der Waals surface area contributed by atoms with Crippen molar-refractivity contribution in [2.45, 2.75) is 44.9 Å². The lowest BCUT2D eigenvalue weighted by Crippen LogP contribution is -2.54. The summed E-state index contributed by atoms with van der Waals surface area (Å²) in [7, 11) is 2.98. The molecule has 0 saturated carbocycles. The van der Waals surface area contributed by atoms with Gasteiger partial charge in [0.2, 0.25) is 0 Å². The number of hydrogen-bond donors (Lipinski definition) is 1. The SMILES string of the molecule is CC(C)n1cnc2cc(C(=O)N3CC[C@@H](n4cnc5c4c(=O)n(C)c(=O)n5C)[C@](C)(O)C3)ccc21. The fourth-order valence-electron chi connectivity index (χ4n) is 5.13. The lowest BCUT2D eigenvalue weighted by molar-refractivity contribution is -0.0478. The van der Waals surface area contributed by atoms with Gasteiger partial charge >= 0.3 is 5.69 Å². The standard InChI is InChI=1S/C24H29N7O4/c1-14(2)30-12-25-16-10-15(6-7-17(16)30)21(32)29-9-8-18(24(3,35)11-29)31-13-26-20-19(31)22(33)28(5)23(34)27(20)4/h6-7,10,12-14,18,35H,8-9,11H2,1-5H3/t18-,24-/m1/s1. The third-order valence-corrected chi connectivity index (χ3v) is 7.08. The Bertz CT molecular complexity index is 1590. The minimum atomic E-state index is -1.33. The molecule has 5 rings (SSSR count). The van der Waals surface area contributed by atoms with Gasteiger partial charge in [0.1, 0.15) is 5.60 Å². The number of aliphatic hydroxyl groups is 1. The first kappa shape index (κ1) is 23.0. The van der Waals surface area contributed by atoms with Crippen LogP contribution in [0, 0.1) is 0 Å². The predicted molar refractivity (Wildman–Crippen MR) is 131 cm³/mol. The van der Waals surface area contributed by atoms with Crippen molar-refractivity contribution in [3.63, 3.8) is 0 Å². The summed E-state index contributed by atoms with van der Waals surface area (Å²) in [5.41, 5.74) is 0.483. The third-order valence-electron chi connectivity index (χ3n) is 7.08. The van der Waals surface area contributed by atoms with Gasteiger partial charge in [-0.1, -0.05) is 0 Å². The molecule has 1 fully saturated rings. The summed E-state index contributed by atoms with van der Waals surface area (Å²) < 4.78 is 6.04. The van der Waals surface area contributed by atoms with Crippen molar-refractivity contribution >= 4 is 28.1 Å². The number of β-amino-alcohol motifs (C(OH)–C–C–N with tert-alkyl or cyclic N) is 1. The molecule has 0 spiro atoms. The van der Waals surface area contributed by atoms with Crippen molar-refractivity contribution in [3.05, 3.63) is 57.3 Å². The van der Waals surface area contributed by atoms with Crippen LogP contribution in [-0.2, 0) is 14.1 Å². The Morgan fingerprint density at radius 2 is 1.89 bits per heavy atom. The highest BCUT2D eigenvalue weighted by molar-refractivity contribution is 5.97. The van der Waals surface area contributed by atoms with Crippen molar-refractivity contribution < 1.29 is 9.90 Å². The normalized spacial score (nSPS) is 20.9. The number of aryl methyl sites for hydroxylation is 1. The van der Waals surface area contributed by atoms with E-state index in [1.807, 2.05) is 6.07 Å². The van der Waals surface area contributed by atoms with Crippen LogP contribution in [0.3, 0.4) is 0 Å². The molecule has 0 bridgehead atoms. The molecule has 35 heavy (non-hydrogen) atoms. The number of rotatable bonds is 3. The summed E-state index contributed by atoms with van der Waals surface area (Å²) in [5.74, 6) is -0.182. The van der Waals surface area contributed by atoms with Crippen LogP contribution in [0.2, 0.25) is 0 Å². The van der Waals surface area contributed by atoms with Gasteiger partial charge in [-0.2, -0.15) is 0 Å². The van der Waals surface area contributed by atoms with Gasteiger partial charge in [-0.3, -0.25) is 18.7 Å². The van der Waals surface area contributed by atoms with Crippen molar-refractivity contribution in [1.82, 2.24) is 33.1 Å². The fraction of sp³-hybridized carbons (Fsp3) is 0.458. The molecule has 1 N–H and O–H groups in total. The highest BCUT2D eigenvalue weighted by Crippen LogP contribution is 2.34. The number of aromatic nitrogens is 6. The molecule has 1 saturated heterocycles. The number of nitrogens with zero attached hydrogens (tertiary/aromatic N) is 7. The third kappa shape index (κ3) is 3.49. The first-order chi connectivity index (χ1) is 16.5. The lowest BCUT2D eigenvalue weighted by atomic mass is 9.88. The number of piperidine rings is 1. The second-order valence-electron chi connectivity index (χ2n) is 9.87. The van der Waals surface area contributed by atoms with Crippen LogP contribution in [-0.4, -0.2) is 62.8 Å². The number of hydrogen-bond acceptors (Lipinski definition) is 6. The Kier molecular flexibility index (Phi) is 5.20. The molecule has 4 aromatic rings. The van der Waals surface area contributed by atoms with E-state index in [0.717, 1.165) is 15.6 Å². The van der Waals surface area contributed by atoms with Crippen LogP contribution in [0.1, 0.15) is 49.6 Å². The molecular formula is C24H29N7O4. The molecule has 4 heterocycles. The maximum atomic E-state index is 13.3. The van der Waals surface area contributed by atoms with Crippen LogP contribution in [0.25, 0.3) is 22.2 Å². The molecule has 1 aliphatic rings. The van der Waals surface area contributed by atoms with Gasteiger partial charge in [0.25, 0.3) is 11.5 Å². The van der Waals surface area contributed by atoms with E-state index >= 15 is 0 Å². The monoisotopic (exact) mass is 479 g/mol. The van der Waals surface area contributed by atoms with Gasteiger partial charge in [-0.25, -0.2) is 14.8 Å². The number of amides is 1. The number of carbonyl (C=O) groups is 1. The fourth-order valence-corrected chi connectivity index (χ4v) is 5.13. The largest absolute Gasteiger partial charge is 0.386 e. The van der Waals surface area contributed by atoms with Crippen LogP contribution in [0.4, 0.5) is 0 Å². The molecule has 0 radical (unpaired) electrons. The van der Waals surface area contributed by atoms with Crippen molar-refractivity contribution in [3.8, 4) is 0 Å². The molecule has 3 aromatic heterocycles. The van der Waals surface area contributed by atoms with Crippen molar-refractivity contribution in [1.29, 1.82) is 0 Å². The van der Waals surface area contributed by atoms with E-state index in [4.69, 9.17) is 0 Å². The summed E-state index contributed by atoms with van der Waals surface area (Å²) in [4.78, 5) is 48.8. The van der Waals surface area contributed by atoms with Crippen molar-refractivity contribution in [2.24, 2.45) is 14.1 Å². The molecule has 0 aliphatic carbocycles. The molecule has 11 heteroatoms. The molecule has 184 valence electrons. The summed E-state index contributed by atoms with van der Waals surface area (Å²) in [6.45, 7) is 6.28. The van der Waals surface area contributed by atoms with E-state index in [2.05, 4.69) is 28.4 Å². The van der Waals surface area contributed by atoms with Gasteiger partial charge in [-0.15, -0.1) is 0 Å². The minimum absolute atomic E-state index is 0.0841. The smallest absolute Gasteiger partial charge is 0.332 e. The molecule has 11 nitrogen and oxygen atoms in total. The number of imidazole rings is 2. The van der Waals surface area contributed by atoms with Gasteiger partial charge in [0.05, 0.1) is 36.3 Å². The quantitative estimate of drug-likeness (QED) is 0.472. The van der Waals surface area contributed by atoms with E-state index in [1.165, 1.54) is 17.9 Å². The first-order valence-corrected chi connectivity index (χ1v) is 11.6. The van der Waals surface area contributed by atoms with Gasteiger partial charge in [0, 0.05) is 32.2 Å². The first-order valence-electron chi connectivity index (χ1n) is 11.6. The Labute approximate surface area is 200 Å². The van der Waals surface area contributed by atoms with E-state index in [1.54, 1.807) is 41.9 Å². The van der Waals surface area contributed by atoms with E-state index < -0.39 is 22.9 Å². The number of benzene rings is 1. The molecule has 0 unspecified atom stereocenters. The molecule has 1 aromatic carbocycles. The van der Waals surface area contributed by atoms with E-state index in [9.17, 15) is 19.5 Å². The highest BCUT2D eigenvalue weighted by atomic mass is 16.3. The molecular weight excluding hydrogens is 450 g/mol. The highest BCUT2D eigenvalue weighted by Gasteiger charge is 2.42. The second-order valence-corrected chi connectivity index (χ2v) is 9.87. The van der Waals surface area contributed by atoms with E-state index in [-0.39, 0.29) is 29.7 Å². The van der Waals surface area contributed by atoms with Crippen molar-refractivity contribution in [2.75, 3.05) is 13.1 Å². The Hall–Kier alpha value is -3.73. The zero-order valence-corrected chi connectivity index (χ0v) is 20.5. The van der Waals surface area contributed by atoms with Crippen LogP contribution < -0.4 is 11.2 Å². The molecule has 2 atom stereocenters. The van der Waals surface area contributed by atoms with Gasteiger partial charge in [0.15, 0.2) is 11.2 Å². The Morgan fingerprint density at radius 1 is 1.14 bits per heavy atom. The number of likely N-dealkylation sites (tertiary alicyclic amines) is 1. The number of carbonyl (C=O) groups excluding carboxylic acids is 1. The molecule has 1 amide bonds. The topological polar surface area (TPSA) is 120 Å². The summed E-state index contributed by atoms with van der Waals surface area (Å²) in [5, 5.41) is 11.4. The predicted octanol–water partition coefficient (Wildman–Crippen LogP) is 1.20. The van der Waals surface area contributed by atoms with E-state index in [0.29, 0.717) is 18.5 Å². The average molecular weight is 480 g/mol. The maximum absolute atomic E-state index is 13.3. The summed E-state index contributed by atoms with van der Waals surface area (Å²) in [6.07, 6.45) is 3.68. The van der Waals surface area contributed by atoms with Crippen LogP contribution in [0.5, 0.6) is 0 Å². The maximum Gasteiger partial charge on any atom is 0.332 e. The van der Waals surface area contributed by atoms with Crippen LogP contribution in [0.15, 0.2) is 40.4 Å². The second kappa shape index (κ2) is 7.91. The minimum Gasteiger partial charge on any atom is -0.386 e. The lowest BCUT2D eigenvalue weighted by Gasteiger charge is -2.43. The Morgan fingerprint density at radius 3 is 2.57 bits per heavy atom. The van der Waals surface area contributed by atoms with Gasteiger partial charge in [-0.05, 0) is 45.4 Å². The summed E-state index contributed by atoms with van der Waals surface area (Å²) >= 11 is 0. The van der Waals surface area contributed by atoms with Gasteiger partial charge < -0.3 is 19.1 Å². The number of fused-ring (bicyclic) bond motifs is 2. The zero-order chi connectivity index (χ0) is 25.2. The zero-order valence-electron chi connectivity index (χ0n) is 20.5. The van der Waals surface area contributed by atoms with Crippen LogP contribution >= 0.6 is 0 Å². The molecule has 1 aliphatic heterocycles. The summed E-state index contributed by atoms with van der Waals surface area (Å²) in [6, 6.07) is 5.24.